The number of carboxylic acid groups (broad SMARTS) is 11. The van der Waals surface area contributed by atoms with Gasteiger partial charge in [0, 0.05) is 64.2 Å². The zero-order chi connectivity index (χ0) is 69.8. The molecule has 0 fully saturated rings. The summed E-state index contributed by atoms with van der Waals surface area (Å²) in [6.07, 6.45) is -17.2. The minimum atomic E-state index is -2.18. The molecule has 0 spiro atoms. The van der Waals surface area contributed by atoms with Gasteiger partial charge in [-0.05, 0) is 64.2 Å². The summed E-state index contributed by atoms with van der Waals surface area (Å²) in [5.74, 6) is -30.5. The second-order valence-corrected chi connectivity index (χ2v) is 19.8. The fourth-order valence-electron chi connectivity index (χ4n) is 7.69. The van der Waals surface area contributed by atoms with Gasteiger partial charge in [-0.3, -0.25) is 91.1 Å². The molecule has 0 aliphatic carbocycles. The minimum Gasteiger partial charge on any atom is -0.481 e. The van der Waals surface area contributed by atoms with E-state index in [4.69, 9.17) is 15.9 Å². The third kappa shape index (κ3) is 35.7. The van der Waals surface area contributed by atoms with E-state index in [0.29, 0.717) is 0 Å². The van der Waals surface area contributed by atoms with Gasteiger partial charge in [-0.25, -0.2) is 4.79 Å². The van der Waals surface area contributed by atoms with E-state index < -0.39 is 308 Å². The molecule has 0 radical (unpaired) electrons. The Kier molecular flexibility index (Phi) is 36.6. The van der Waals surface area contributed by atoms with Crippen LogP contribution in [-0.2, 0) is 95.9 Å². The summed E-state index contributed by atoms with van der Waals surface area (Å²) in [6.45, 7) is 0. The Morgan fingerprint density at radius 1 is 0.198 bits per heavy atom. The van der Waals surface area contributed by atoms with Gasteiger partial charge in [0.2, 0.25) is 53.2 Å². The zero-order valence-electron chi connectivity index (χ0n) is 48.1. The molecule has 41 heteroatoms. The predicted octanol–water partition coefficient (Wildman–Crippen LogP) is -6.59. The average Bonchev–Trinajstić information content (AvgIpc) is 1.58. The number of nitrogens with one attached hydrogen (secondary N) is 9. The lowest BCUT2D eigenvalue weighted by atomic mass is 10.0. The molecule has 41 nitrogen and oxygen atoms in total. The van der Waals surface area contributed by atoms with Crippen LogP contribution in [0.15, 0.2) is 0 Å². The standard InChI is InChI=1S/C50H72N10O31/c51-21(1-11-31(61)62)41(81)52-22(2-12-32(63)64)42(82)53-23(3-13-33(65)66)43(83)54-24(4-14-34(67)68)44(84)55-25(5-15-35(69)70)45(85)56-26(6-16-36(71)72)46(86)57-27(7-17-37(73)74)47(87)58-28(8-18-38(75)76)48(88)59-29(9-19-39(77)78)49(89)60-30(50(90)91)10-20-40(79)80/h21-30H,1-20,51H2,(H,52,81)(H,53,82)(H,54,83)(H,55,84)(H,56,85)(H,57,86)(H,58,87)(H,59,88)(H,60,89)(H,61,62)(H,63,64)(H,65,66)(H,67,68)(H,69,70)(H,71,72)(H,73,74)(H,75,76)(H,77,78)(H,79,80)(H,90,91)/t21-,22-,23-,24-,25-,26-,27-,28-,29-,30-/m0/s1. The summed E-state index contributed by atoms with van der Waals surface area (Å²) < 4.78 is 0. The summed E-state index contributed by atoms with van der Waals surface area (Å²) in [5.41, 5.74) is 5.70. The van der Waals surface area contributed by atoms with Gasteiger partial charge < -0.3 is 110 Å². The number of aliphatic carboxylic acids is 11. The molecular weight excluding hydrogens is 1240 g/mol. The molecule has 0 rings (SSSR count). The Morgan fingerprint density at radius 3 is 0.462 bits per heavy atom. The SMILES string of the molecule is N[C@@H](CCC(=O)O)C(=O)N[C@@H](CCC(=O)O)C(=O)N[C@@H](CCC(=O)O)C(=O)N[C@@H](CCC(=O)O)C(=O)N[C@@H](CCC(=O)O)C(=O)N[C@@H](CCC(=O)O)C(=O)N[C@@H](CCC(=O)O)C(=O)N[C@@H](CCC(=O)O)C(=O)N[C@@H](CCC(=O)O)C(=O)N[C@@H](CCC(=O)O)C(=O)O. The lowest BCUT2D eigenvalue weighted by Gasteiger charge is -2.28. The summed E-state index contributed by atoms with van der Waals surface area (Å²) >= 11 is 0. The van der Waals surface area contributed by atoms with E-state index in [1.807, 2.05) is 37.2 Å². The van der Waals surface area contributed by atoms with Gasteiger partial charge in [0.25, 0.3) is 0 Å². The maximum absolute atomic E-state index is 14.0. The third-order valence-electron chi connectivity index (χ3n) is 12.5. The molecule has 22 N–H and O–H groups in total. The van der Waals surface area contributed by atoms with Gasteiger partial charge in [-0.2, -0.15) is 0 Å². The van der Waals surface area contributed by atoms with Crippen LogP contribution >= 0.6 is 0 Å². The molecule has 0 aromatic rings. The van der Waals surface area contributed by atoms with Crippen molar-refractivity contribution < 1.29 is 152 Å². The largest absolute Gasteiger partial charge is 0.481 e. The highest BCUT2D eigenvalue weighted by atomic mass is 16.4. The summed E-state index contributed by atoms with van der Waals surface area (Å²) in [7, 11) is 0. The van der Waals surface area contributed by atoms with Crippen LogP contribution in [0.2, 0.25) is 0 Å². The molecule has 508 valence electrons. The van der Waals surface area contributed by atoms with Crippen molar-refractivity contribution in [2.75, 3.05) is 0 Å². The monoisotopic (exact) mass is 1310 g/mol. The van der Waals surface area contributed by atoms with Crippen molar-refractivity contribution in [2.45, 2.75) is 189 Å². The Bertz CT molecular complexity index is 2720. The molecule has 0 aromatic carbocycles. The average molecular weight is 1310 g/mol. The molecule has 91 heavy (non-hydrogen) atoms. The normalized spacial score (nSPS) is 14.0. The van der Waals surface area contributed by atoms with Crippen LogP contribution in [0.4, 0.5) is 0 Å². The second-order valence-electron chi connectivity index (χ2n) is 19.8. The van der Waals surface area contributed by atoms with E-state index in [1.165, 1.54) is 0 Å². The molecular formula is C50H72N10O31. The van der Waals surface area contributed by atoms with Gasteiger partial charge in [-0.1, -0.05) is 0 Å². The van der Waals surface area contributed by atoms with Crippen molar-refractivity contribution in [1.82, 2.24) is 47.9 Å². The van der Waals surface area contributed by atoms with E-state index in [1.54, 1.807) is 0 Å². The highest BCUT2D eigenvalue weighted by Gasteiger charge is 2.37. The number of nitrogens with two attached hydrogens (primary N) is 1. The fraction of sp³-hybridized carbons (Fsp3) is 0.600. The van der Waals surface area contributed by atoms with Crippen LogP contribution in [0.3, 0.4) is 0 Å². The Labute approximate surface area is 512 Å². The maximum atomic E-state index is 14.0. The first-order valence-corrected chi connectivity index (χ1v) is 27.2. The highest BCUT2D eigenvalue weighted by Crippen LogP contribution is 2.12. The number of carbonyl (C=O) groups excluding carboxylic acids is 9. The second kappa shape index (κ2) is 41.5. The summed E-state index contributed by atoms with van der Waals surface area (Å²) in [4.78, 5) is 250. The number of rotatable bonds is 49. The van der Waals surface area contributed by atoms with E-state index >= 15 is 0 Å². The van der Waals surface area contributed by atoms with Crippen LogP contribution in [-0.4, -0.2) is 235 Å². The molecule has 0 aliphatic rings. The van der Waals surface area contributed by atoms with Crippen molar-refractivity contribution in [3.63, 3.8) is 0 Å². The van der Waals surface area contributed by atoms with Crippen LogP contribution in [0, 0.1) is 0 Å². The first kappa shape index (κ1) is 80.4. The number of amides is 9. The van der Waals surface area contributed by atoms with Gasteiger partial charge in [-0.15, -0.1) is 0 Å². The molecule has 0 aromatic heterocycles. The molecule has 0 bridgehead atoms. The number of hydrogen-bond acceptors (Lipinski definition) is 21. The molecule has 9 amide bonds. The first-order chi connectivity index (χ1) is 42.3. The van der Waals surface area contributed by atoms with Crippen LogP contribution in [0.25, 0.3) is 0 Å². The van der Waals surface area contributed by atoms with Crippen molar-refractivity contribution >= 4 is 119 Å². The number of hydrogen-bond donors (Lipinski definition) is 21. The Hall–Kier alpha value is -10.6. The molecule has 0 unspecified atom stereocenters. The van der Waals surface area contributed by atoms with E-state index in [-0.39, 0.29) is 0 Å². The predicted molar refractivity (Wildman–Crippen MR) is 292 cm³/mol. The number of carboxylic acids is 11. The van der Waals surface area contributed by atoms with Crippen molar-refractivity contribution in [1.29, 1.82) is 0 Å². The van der Waals surface area contributed by atoms with Crippen LogP contribution in [0.5, 0.6) is 0 Å². The molecule has 0 aliphatic heterocycles. The van der Waals surface area contributed by atoms with E-state index in [2.05, 4.69) is 10.6 Å². The molecule has 0 heterocycles. The van der Waals surface area contributed by atoms with E-state index in [0.717, 1.165) is 0 Å². The zero-order valence-corrected chi connectivity index (χ0v) is 48.1. The van der Waals surface area contributed by atoms with Gasteiger partial charge in [0.05, 0.1) is 6.04 Å². The first-order valence-electron chi connectivity index (χ1n) is 27.2. The molecule has 0 saturated heterocycles. The Balaban J connectivity index is 7.27. The van der Waals surface area contributed by atoms with Crippen molar-refractivity contribution in [2.24, 2.45) is 5.73 Å². The maximum Gasteiger partial charge on any atom is 0.326 e. The van der Waals surface area contributed by atoms with Gasteiger partial charge in [0.1, 0.15) is 54.4 Å². The van der Waals surface area contributed by atoms with Crippen molar-refractivity contribution in [3.05, 3.63) is 0 Å². The third-order valence-corrected chi connectivity index (χ3v) is 12.5. The highest BCUT2D eigenvalue weighted by molar-refractivity contribution is 5.99. The van der Waals surface area contributed by atoms with Crippen LogP contribution in [0.1, 0.15) is 128 Å². The molecule has 10 atom stereocenters. The van der Waals surface area contributed by atoms with Crippen molar-refractivity contribution in [3.8, 4) is 0 Å². The smallest absolute Gasteiger partial charge is 0.326 e. The Morgan fingerprint density at radius 2 is 0.319 bits per heavy atom. The summed E-state index contributed by atoms with van der Waals surface area (Å²) in [6, 6.07) is -20.1. The van der Waals surface area contributed by atoms with Crippen LogP contribution < -0.4 is 53.6 Å². The topological polar surface area (TPSA) is 698 Å². The lowest BCUT2D eigenvalue weighted by Crippen LogP contribution is -2.60. The minimum absolute atomic E-state index is 0.472. The fourth-order valence-corrected chi connectivity index (χ4v) is 7.69. The van der Waals surface area contributed by atoms with E-state index in [9.17, 15) is 142 Å². The van der Waals surface area contributed by atoms with Gasteiger partial charge >= 0.3 is 65.7 Å². The summed E-state index contributed by atoms with van der Waals surface area (Å²) in [5, 5.41) is 121. The lowest BCUT2D eigenvalue weighted by molar-refractivity contribution is -0.144. The van der Waals surface area contributed by atoms with Gasteiger partial charge in [0.15, 0.2) is 0 Å². The quantitative estimate of drug-likeness (QED) is 0.0269. The number of carbonyl (C=O) groups is 20. The molecule has 0 saturated carbocycles.